The number of carboxylic acids is 1. The van der Waals surface area contributed by atoms with Crippen LogP contribution < -0.4 is 5.32 Å². The maximum absolute atomic E-state index is 10.5. The van der Waals surface area contributed by atoms with Gasteiger partial charge in [0.2, 0.25) is 5.95 Å². The molecule has 2 rings (SSSR count). The number of carboxylic acid groups (broad SMARTS) is 1. The summed E-state index contributed by atoms with van der Waals surface area (Å²) in [5, 5.41) is 11.8. The molecule has 0 saturated carbocycles. The van der Waals surface area contributed by atoms with Gasteiger partial charge in [-0.2, -0.15) is 0 Å². The predicted molar refractivity (Wildman–Crippen MR) is 55.8 cm³/mol. The van der Waals surface area contributed by atoms with Gasteiger partial charge in [0.15, 0.2) is 0 Å². The molecular weight excluding hydrogens is 194 g/mol. The molecule has 1 aliphatic rings. The minimum absolute atomic E-state index is 0.245. The first-order valence-corrected chi connectivity index (χ1v) is 5.14. The van der Waals surface area contributed by atoms with Crippen molar-refractivity contribution in [2.45, 2.75) is 26.3 Å². The van der Waals surface area contributed by atoms with Crippen LogP contribution in [0.4, 0.5) is 5.95 Å². The third-order valence-electron chi connectivity index (χ3n) is 2.67. The highest BCUT2D eigenvalue weighted by Crippen LogP contribution is 2.20. The van der Waals surface area contributed by atoms with Crippen molar-refractivity contribution in [3.63, 3.8) is 0 Å². The normalized spacial score (nSPS) is 19.4. The molecule has 0 bridgehead atoms. The van der Waals surface area contributed by atoms with E-state index in [2.05, 4.69) is 14.9 Å². The Kier molecular flexibility index (Phi) is 2.62. The minimum Gasteiger partial charge on any atom is -0.481 e. The lowest BCUT2D eigenvalue weighted by Gasteiger charge is -2.24. The number of aryl methyl sites for hydroxylation is 1. The maximum Gasteiger partial charge on any atom is 0.303 e. The van der Waals surface area contributed by atoms with Crippen LogP contribution >= 0.6 is 0 Å². The number of aromatic nitrogens is 2. The van der Waals surface area contributed by atoms with Crippen LogP contribution in [-0.2, 0) is 11.3 Å². The van der Waals surface area contributed by atoms with Crippen LogP contribution in [-0.4, -0.2) is 27.2 Å². The number of hydrogen-bond acceptors (Lipinski definition) is 3. The molecule has 0 fully saturated rings. The van der Waals surface area contributed by atoms with Crippen LogP contribution in [0.25, 0.3) is 0 Å². The molecule has 0 amide bonds. The zero-order valence-electron chi connectivity index (χ0n) is 8.73. The summed E-state index contributed by atoms with van der Waals surface area (Å²) in [4.78, 5) is 14.8. The van der Waals surface area contributed by atoms with Crippen molar-refractivity contribution in [1.29, 1.82) is 0 Å². The summed E-state index contributed by atoms with van der Waals surface area (Å²) >= 11 is 0. The number of imidazole rings is 1. The molecule has 1 aromatic rings. The highest BCUT2D eigenvalue weighted by atomic mass is 16.4. The lowest BCUT2D eigenvalue weighted by molar-refractivity contribution is -0.137. The topological polar surface area (TPSA) is 67.2 Å². The van der Waals surface area contributed by atoms with Crippen molar-refractivity contribution in [2.75, 3.05) is 11.9 Å². The summed E-state index contributed by atoms with van der Waals surface area (Å²) in [5.41, 5.74) is 0.997. The Morgan fingerprint density at radius 3 is 3.33 bits per heavy atom. The van der Waals surface area contributed by atoms with Crippen LogP contribution in [0.3, 0.4) is 0 Å². The molecule has 5 heteroatoms. The number of anilines is 1. The monoisotopic (exact) mass is 209 g/mol. The first-order chi connectivity index (χ1) is 7.15. The number of carbonyl (C=O) groups is 1. The fourth-order valence-electron chi connectivity index (χ4n) is 1.93. The molecule has 0 radical (unpaired) electrons. The zero-order valence-corrected chi connectivity index (χ0v) is 8.73. The van der Waals surface area contributed by atoms with E-state index in [1.54, 1.807) is 0 Å². The van der Waals surface area contributed by atoms with Crippen LogP contribution in [0.15, 0.2) is 6.20 Å². The standard InChI is InChI=1S/C10H15N3O2/c1-7-5-13-6-8(2-3-9(14)15)4-11-10(13)12-7/h5,8H,2-4,6H2,1H3,(H,11,12)(H,14,15). The Labute approximate surface area is 88.1 Å². The Bertz CT molecular complexity index is 373. The van der Waals surface area contributed by atoms with Crippen LogP contribution in [0.5, 0.6) is 0 Å². The molecular formula is C10H15N3O2. The molecule has 0 spiro atoms. The first-order valence-electron chi connectivity index (χ1n) is 5.14. The highest BCUT2D eigenvalue weighted by Gasteiger charge is 2.19. The van der Waals surface area contributed by atoms with Gasteiger partial charge in [-0.3, -0.25) is 4.79 Å². The largest absolute Gasteiger partial charge is 0.481 e. The van der Waals surface area contributed by atoms with Gasteiger partial charge in [-0.05, 0) is 19.3 Å². The van der Waals surface area contributed by atoms with Crippen LogP contribution in [0.2, 0.25) is 0 Å². The summed E-state index contributed by atoms with van der Waals surface area (Å²) < 4.78 is 2.06. The molecule has 82 valence electrons. The third-order valence-corrected chi connectivity index (χ3v) is 2.67. The smallest absolute Gasteiger partial charge is 0.303 e. The van der Waals surface area contributed by atoms with Gasteiger partial charge in [-0.15, -0.1) is 0 Å². The summed E-state index contributed by atoms with van der Waals surface area (Å²) in [6.45, 7) is 3.65. The Balaban J connectivity index is 1.96. The maximum atomic E-state index is 10.5. The van der Waals surface area contributed by atoms with Gasteiger partial charge in [0.05, 0.1) is 5.69 Å². The molecule has 5 nitrogen and oxygen atoms in total. The number of rotatable bonds is 3. The van der Waals surface area contributed by atoms with Gasteiger partial charge in [0.25, 0.3) is 0 Å². The molecule has 2 heterocycles. The molecule has 1 unspecified atom stereocenters. The Hall–Kier alpha value is -1.52. The Morgan fingerprint density at radius 2 is 2.60 bits per heavy atom. The van der Waals surface area contributed by atoms with Crippen molar-refractivity contribution in [1.82, 2.24) is 9.55 Å². The SMILES string of the molecule is Cc1cn2c(n1)NCC(CCC(=O)O)C2. The first kappa shape index (κ1) is 10.0. The number of nitrogens with zero attached hydrogens (tertiary/aromatic N) is 2. The van der Waals surface area contributed by atoms with Crippen molar-refractivity contribution in [3.05, 3.63) is 11.9 Å². The Morgan fingerprint density at radius 1 is 1.80 bits per heavy atom. The van der Waals surface area contributed by atoms with E-state index in [0.29, 0.717) is 5.92 Å². The van der Waals surface area contributed by atoms with E-state index in [0.717, 1.165) is 31.2 Å². The molecule has 0 saturated heterocycles. The fourth-order valence-corrected chi connectivity index (χ4v) is 1.93. The van der Waals surface area contributed by atoms with Gasteiger partial charge in [0, 0.05) is 25.7 Å². The van der Waals surface area contributed by atoms with Gasteiger partial charge in [0.1, 0.15) is 0 Å². The molecule has 0 aliphatic carbocycles. The summed E-state index contributed by atoms with van der Waals surface area (Å²) in [5.74, 6) is 0.573. The summed E-state index contributed by atoms with van der Waals surface area (Å²) in [6.07, 6.45) is 2.96. The lowest BCUT2D eigenvalue weighted by Crippen LogP contribution is -2.27. The van der Waals surface area contributed by atoms with E-state index in [1.807, 2.05) is 13.1 Å². The van der Waals surface area contributed by atoms with Crippen molar-refractivity contribution >= 4 is 11.9 Å². The lowest BCUT2D eigenvalue weighted by atomic mass is 10.0. The van der Waals surface area contributed by atoms with E-state index in [1.165, 1.54) is 0 Å². The van der Waals surface area contributed by atoms with E-state index in [9.17, 15) is 4.79 Å². The molecule has 15 heavy (non-hydrogen) atoms. The van der Waals surface area contributed by atoms with E-state index in [4.69, 9.17) is 5.11 Å². The molecule has 0 aromatic carbocycles. The van der Waals surface area contributed by atoms with Crippen molar-refractivity contribution < 1.29 is 9.90 Å². The van der Waals surface area contributed by atoms with Gasteiger partial charge >= 0.3 is 5.97 Å². The van der Waals surface area contributed by atoms with Crippen LogP contribution in [0.1, 0.15) is 18.5 Å². The molecule has 1 atom stereocenters. The minimum atomic E-state index is -0.720. The summed E-state index contributed by atoms with van der Waals surface area (Å²) in [6, 6.07) is 0. The number of fused-ring (bicyclic) bond motifs is 1. The van der Waals surface area contributed by atoms with Crippen molar-refractivity contribution in [2.24, 2.45) is 5.92 Å². The van der Waals surface area contributed by atoms with Crippen molar-refractivity contribution in [3.8, 4) is 0 Å². The molecule has 1 aromatic heterocycles. The van der Waals surface area contributed by atoms with Gasteiger partial charge in [-0.25, -0.2) is 4.98 Å². The fraction of sp³-hybridized carbons (Fsp3) is 0.600. The number of aliphatic carboxylic acids is 1. The van der Waals surface area contributed by atoms with Crippen LogP contribution in [0, 0.1) is 12.8 Å². The van der Waals surface area contributed by atoms with E-state index < -0.39 is 5.97 Å². The molecule has 1 aliphatic heterocycles. The molecule has 2 N–H and O–H groups in total. The second-order valence-electron chi connectivity index (χ2n) is 4.04. The zero-order chi connectivity index (χ0) is 10.8. The number of nitrogens with one attached hydrogen (secondary N) is 1. The second-order valence-corrected chi connectivity index (χ2v) is 4.04. The second kappa shape index (κ2) is 3.92. The van der Waals surface area contributed by atoms with E-state index >= 15 is 0 Å². The average molecular weight is 209 g/mol. The predicted octanol–water partition coefficient (Wildman–Crippen LogP) is 1.10. The van der Waals surface area contributed by atoms with Gasteiger partial charge in [-0.1, -0.05) is 0 Å². The average Bonchev–Trinajstić information content (AvgIpc) is 2.53. The van der Waals surface area contributed by atoms with Gasteiger partial charge < -0.3 is 15.0 Å². The number of hydrogen-bond donors (Lipinski definition) is 2. The quantitative estimate of drug-likeness (QED) is 0.782. The third kappa shape index (κ3) is 2.29. The summed E-state index contributed by atoms with van der Waals surface area (Å²) in [7, 11) is 0. The van der Waals surface area contributed by atoms with E-state index in [-0.39, 0.29) is 6.42 Å². The highest BCUT2D eigenvalue weighted by molar-refractivity contribution is 5.66.